The number of aromatic nitrogens is 1. The van der Waals surface area contributed by atoms with Gasteiger partial charge in [0.25, 0.3) is 5.56 Å². The van der Waals surface area contributed by atoms with E-state index in [1.807, 2.05) is 55.4 Å². The first-order valence-electron chi connectivity index (χ1n) is 12.0. The van der Waals surface area contributed by atoms with Crippen LogP contribution < -0.4 is 15.8 Å². The summed E-state index contributed by atoms with van der Waals surface area (Å²) in [5, 5.41) is 10.5. The molecule has 34 heavy (non-hydrogen) atoms. The Labute approximate surface area is 203 Å². The molecule has 1 saturated carbocycles. The van der Waals surface area contributed by atoms with Crippen molar-refractivity contribution in [1.29, 1.82) is 0 Å². The SMILES string of the molecule is COc1cn(C(CCOC2(C)CCC2)(C(=O)O)C(C)(C)C)c(=O)cc1B1OC(C)(C)C(C)(C)O1. The topological polar surface area (TPSA) is 96.2 Å². The number of rotatable bonds is 8. The van der Waals surface area contributed by atoms with Gasteiger partial charge in [0.2, 0.25) is 0 Å². The molecule has 1 aliphatic carbocycles. The highest BCUT2D eigenvalue weighted by Gasteiger charge is 2.54. The van der Waals surface area contributed by atoms with Crippen LogP contribution in [0.1, 0.15) is 81.1 Å². The summed E-state index contributed by atoms with van der Waals surface area (Å²) >= 11 is 0. The zero-order chi connectivity index (χ0) is 25.7. The summed E-state index contributed by atoms with van der Waals surface area (Å²) in [6.07, 6.45) is 4.64. The van der Waals surface area contributed by atoms with E-state index in [0.29, 0.717) is 11.2 Å². The average Bonchev–Trinajstić information content (AvgIpc) is 2.90. The predicted octanol–water partition coefficient (Wildman–Crippen LogP) is 3.33. The van der Waals surface area contributed by atoms with E-state index in [-0.39, 0.29) is 18.6 Å². The number of carboxylic acid groups (broad SMARTS) is 1. The normalized spacial score (nSPS) is 22.7. The first-order chi connectivity index (χ1) is 15.5. The molecule has 190 valence electrons. The molecule has 0 spiro atoms. The third-order valence-corrected chi connectivity index (χ3v) is 8.11. The number of pyridine rings is 1. The second kappa shape index (κ2) is 8.68. The molecule has 2 fully saturated rings. The Bertz CT molecular complexity index is 974. The van der Waals surface area contributed by atoms with Gasteiger partial charge in [-0.15, -0.1) is 0 Å². The lowest BCUT2D eigenvalue weighted by Gasteiger charge is -2.44. The standard InChI is InChI=1S/C25H40BNO7/c1-21(2,3)25(20(29)30,13-14-32-24(8)11-10-12-24)27-16-18(31-9)17(15-19(27)28)26-33-22(4,5)23(6,7)34-26/h15-16H,10-14H2,1-9H3,(H,29,30). The summed E-state index contributed by atoms with van der Waals surface area (Å²) in [7, 11) is 0.678. The molecule has 0 bridgehead atoms. The number of methoxy groups -OCH3 is 1. The first kappa shape index (κ1) is 26.8. The highest BCUT2D eigenvalue weighted by atomic mass is 16.7. The predicted molar refractivity (Wildman–Crippen MR) is 131 cm³/mol. The van der Waals surface area contributed by atoms with Gasteiger partial charge in [-0.25, -0.2) is 4.79 Å². The highest BCUT2D eigenvalue weighted by molar-refractivity contribution is 6.63. The van der Waals surface area contributed by atoms with Gasteiger partial charge in [0.05, 0.1) is 36.7 Å². The van der Waals surface area contributed by atoms with Crippen molar-refractivity contribution in [3.05, 3.63) is 22.6 Å². The van der Waals surface area contributed by atoms with Gasteiger partial charge in [0.15, 0.2) is 5.54 Å². The smallest absolute Gasteiger partial charge is 0.496 e. The van der Waals surface area contributed by atoms with E-state index < -0.39 is 40.8 Å². The van der Waals surface area contributed by atoms with Crippen molar-refractivity contribution >= 4 is 18.6 Å². The Hall–Kier alpha value is -1.84. The van der Waals surface area contributed by atoms with Gasteiger partial charge in [0, 0.05) is 17.9 Å². The van der Waals surface area contributed by atoms with Crippen molar-refractivity contribution in [2.45, 2.75) is 103 Å². The molecular formula is C25H40BNO7. The maximum absolute atomic E-state index is 13.5. The fourth-order valence-electron chi connectivity index (χ4n) is 4.80. The largest absolute Gasteiger partial charge is 0.498 e. The quantitative estimate of drug-likeness (QED) is 0.574. The van der Waals surface area contributed by atoms with Crippen LogP contribution in [-0.2, 0) is 24.4 Å². The number of carbonyl (C=O) groups is 1. The monoisotopic (exact) mass is 477 g/mol. The number of carboxylic acids is 1. The van der Waals surface area contributed by atoms with Crippen LogP contribution in [0.5, 0.6) is 5.75 Å². The molecule has 0 amide bonds. The van der Waals surface area contributed by atoms with Crippen LogP contribution in [0.4, 0.5) is 0 Å². The van der Waals surface area contributed by atoms with Crippen LogP contribution in [0, 0.1) is 5.41 Å². The zero-order valence-corrected chi connectivity index (χ0v) is 22.1. The number of hydrogen-bond donors (Lipinski definition) is 1. The second-order valence-electron chi connectivity index (χ2n) is 11.9. The second-order valence-corrected chi connectivity index (χ2v) is 11.9. The maximum Gasteiger partial charge on any atom is 0.498 e. The van der Waals surface area contributed by atoms with Crippen molar-refractivity contribution in [1.82, 2.24) is 4.57 Å². The fraction of sp³-hybridized carbons (Fsp3) is 0.760. The third-order valence-electron chi connectivity index (χ3n) is 8.11. The average molecular weight is 477 g/mol. The summed E-state index contributed by atoms with van der Waals surface area (Å²) in [4.78, 5) is 26.4. The summed E-state index contributed by atoms with van der Waals surface area (Å²) in [5.74, 6) is -0.755. The van der Waals surface area contributed by atoms with Crippen molar-refractivity contribution in [3.63, 3.8) is 0 Å². The molecular weight excluding hydrogens is 437 g/mol. The lowest BCUT2D eigenvalue weighted by Crippen LogP contribution is -2.57. The molecule has 1 aliphatic heterocycles. The third kappa shape index (κ3) is 4.42. The Morgan fingerprint density at radius 3 is 2.12 bits per heavy atom. The van der Waals surface area contributed by atoms with Gasteiger partial charge < -0.3 is 23.9 Å². The molecule has 1 atom stereocenters. The maximum atomic E-state index is 13.5. The Morgan fingerprint density at radius 2 is 1.71 bits per heavy atom. The minimum absolute atomic E-state index is 0.139. The Morgan fingerprint density at radius 1 is 1.15 bits per heavy atom. The van der Waals surface area contributed by atoms with E-state index in [0.717, 1.165) is 19.3 Å². The highest BCUT2D eigenvalue weighted by Crippen LogP contribution is 2.42. The Balaban J connectivity index is 2.06. The minimum atomic E-state index is -1.55. The van der Waals surface area contributed by atoms with E-state index in [2.05, 4.69) is 0 Å². The molecule has 2 aliphatic rings. The zero-order valence-electron chi connectivity index (χ0n) is 22.1. The number of nitrogens with zero attached hydrogens (tertiary/aromatic N) is 1. The lowest BCUT2D eigenvalue weighted by molar-refractivity contribution is -0.159. The van der Waals surface area contributed by atoms with E-state index in [1.165, 1.54) is 23.9 Å². The number of hydrogen-bond acceptors (Lipinski definition) is 6. The van der Waals surface area contributed by atoms with E-state index in [1.54, 1.807) is 0 Å². The van der Waals surface area contributed by atoms with Gasteiger partial charge >= 0.3 is 13.1 Å². The van der Waals surface area contributed by atoms with Gasteiger partial charge in [-0.3, -0.25) is 9.36 Å². The molecule has 2 heterocycles. The van der Waals surface area contributed by atoms with E-state index in [9.17, 15) is 14.7 Å². The number of aliphatic carboxylic acids is 1. The van der Waals surface area contributed by atoms with Crippen LogP contribution in [0.25, 0.3) is 0 Å². The van der Waals surface area contributed by atoms with Gasteiger partial charge in [-0.2, -0.15) is 0 Å². The van der Waals surface area contributed by atoms with Crippen LogP contribution >= 0.6 is 0 Å². The molecule has 1 N–H and O–H groups in total. The van der Waals surface area contributed by atoms with Crippen molar-refractivity contribution < 1.29 is 28.7 Å². The summed E-state index contributed by atoms with van der Waals surface area (Å²) < 4.78 is 25.2. The molecule has 1 saturated heterocycles. The van der Waals surface area contributed by atoms with Gasteiger partial charge in [-0.1, -0.05) is 20.8 Å². The summed E-state index contributed by atoms with van der Waals surface area (Å²) in [6, 6.07) is 1.37. The number of ether oxygens (including phenoxy) is 2. The van der Waals surface area contributed by atoms with Crippen LogP contribution in [-0.4, -0.2) is 53.3 Å². The lowest BCUT2D eigenvalue weighted by atomic mass is 9.70. The van der Waals surface area contributed by atoms with Crippen LogP contribution in [0.15, 0.2) is 17.1 Å². The van der Waals surface area contributed by atoms with Gasteiger partial charge in [-0.05, 0) is 59.3 Å². The molecule has 1 aromatic heterocycles. The minimum Gasteiger partial charge on any atom is -0.496 e. The Kier molecular flexibility index (Phi) is 6.83. The van der Waals surface area contributed by atoms with Crippen LogP contribution in [0.2, 0.25) is 0 Å². The molecule has 0 radical (unpaired) electrons. The molecule has 1 unspecified atom stereocenters. The fourth-order valence-corrected chi connectivity index (χ4v) is 4.80. The van der Waals surface area contributed by atoms with E-state index in [4.69, 9.17) is 18.8 Å². The molecule has 0 aromatic carbocycles. The van der Waals surface area contributed by atoms with Crippen molar-refractivity contribution in [2.75, 3.05) is 13.7 Å². The van der Waals surface area contributed by atoms with Crippen molar-refractivity contribution in [3.8, 4) is 5.75 Å². The summed E-state index contributed by atoms with van der Waals surface area (Å²) in [5.41, 5.74) is -3.78. The van der Waals surface area contributed by atoms with Gasteiger partial charge in [0.1, 0.15) is 5.75 Å². The molecule has 1 aromatic rings. The molecule has 8 nitrogen and oxygen atoms in total. The first-order valence-corrected chi connectivity index (χ1v) is 12.0. The van der Waals surface area contributed by atoms with Crippen LogP contribution in [0.3, 0.4) is 0 Å². The molecule has 9 heteroatoms. The van der Waals surface area contributed by atoms with Crippen molar-refractivity contribution in [2.24, 2.45) is 5.41 Å². The summed E-state index contributed by atoms with van der Waals surface area (Å²) in [6.45, 7) is 15.5. The molecule has 3 rings (SSSR count). The van der Waals surface area contributed by atoms with E-state index >= 15 is 0 Å².